The lowest BCUT2D eigenvalue weighted by atomic mass is 9.82. The second-order valence-electron chi connectivity index (χ2n) is 5.58. The van der Waals surface area contributed by atoms with E-state index < -0.39 is 0 Å². The number of aromatic nitrogens is 3. The number of H-pyrrole nitrogens is 1. The summed E-state index contributed by atoms with van der Waals surface area (Å²) in [5.74, 6) is 2.59. The predicted octanol–water partition coefficient (Wildman–Crippen LogP) is 4.50. The Morgan fingerprint density at radius 1 is 1.53 bits per heavy atom. The van der Waals surface area contributed by atoms with Crippen LogP contribution in [0.4, 0.5) is 0 Å². The van der Waals surface area contributed by atoms with Gasteiger partial charge in [-0.1, -0.05) is 25.8 Å². The van der Waals surface area contributed by atoms with Crippen LogP contribution in [0.1, 0.15) is 32.6 Å². The van der Waals surface area contributed by atoms with E-state index in [0.717, 1.165) is 29.0 Å². The van der Waals surface area contributed by atoms with E-state index >= 15 is 0 Å². The average Bonchev–Trinajstić information content (AvgIpc) is 3.01. The van der Waals surface area contributed by atoms with Crippen LogP contribution >= 0.6 is 23.6 Å². The SMILES string of the molecule is CC1CCCC(Cn2c(-c3cccs3)n[nH]c2=S)C1. The zero-order valence-corrected chi connectivity index (χ0v) is 12.8. The Morgan fingerprint density at radius 2 is 2.42 bits per heavy atom. The molecule has 3 nitrogen and oxygen atoms in total. The Bertz CT molecular complexity index is 582. The van der Waals surface area contributed by atoms with Gasteiger partial charge in [0, 0.05) is 6.54 Å². The molecule has 3 rings (SSSR count). The molecule has 0 bridgehead atoms. The number of nitrogens with zero attached hydrogens (tertiary/aromatic N) is 2. The summed E-state index contributed by atoms with van der Waals surface area (Å²) in [7, 11) is 0. The molecule has 0 spiro atoms. The Kier molecular flexibility index (Phi) is 3.84. The van der Waals surface area contributed by atoms with Gasteiger partial charge in [-0.2, -0.15) is 5.10 Å². The molecule has 1 fully saturated rings. The first-order valence-corrected chi connectivity index (χ1v) is 8.22. The molecule has 2 aromatic heterocycles. The molecule has 1 aliphatic carbocycles. The lowest BCUT2D eigenvalue weighted by Gasteiger charge is -2.27. The predicted molar refractivity (Wildman–Crippen MR) is 81.8 cm³/mol. The fourth-order valence-electron chi connectivity index (χ4n) is 3.06. The molecule has 1 saturated carbocycles. The van der Waals surface area contributed by atoms with E-state index in [-0.39, 0.29) is 0 Å². The van der Waals surface area contributed by atoms with Crippen molar-refractivity contribution >= 4 is 23.6 Å². The summed E-state index contributed by atoms with van der Waals surface area (Å²) in [6.45, 7) is 3.37. The second kappa shape index (κ2) is 5.59. The summed E-state index contributed by atoms with van der Waals surface area (Å²) >= 11 is 7.11. The van der Waals surface area contributed by atoms with Gasteiger partial charge in [0.15, 0.2) is 10.6 Å². The van der Waals surface area contributed by atoms with Crippen molar-refractivity contribution in [3.8, 4) is 10.7 Å². The van der Waals surface area contributed by atoms with Gasteiger partial charge in [-0.25, -0.2) is 0 Å². The van der Waals surface area contributed by atoms with E-state index in [1.807, 2.05) is 0 Å². The summed E-state index contributed by atoms with van der Waals surface area (Å²) in [6.07, 6.45) is 5.37. The maximum absolute atomic E-state index is 5.39. The zero-order valence-electron chi connectivity index (χ0n) is 11.1. The minimum Gasteiger partial charge on any atom is -0.299 e. The minimum atomic E-state index is 0.742. The smallest absolute Gasteiger partial charge is 0.195 e. The summed E-state index contributed by atoms with van der Waals surface area (Å²) in [4.78, 5) is 1.19. The minimum absolute atomic E-state index is 0.742. The van der Waals surface area contributed by atoms with Crippen molar-refractivity contribution < 1.29 is 0 Å². The van der Waals surface area contributed by atoms with E-state index in [0.29, 0.717) is 0 Å². The molecular weight excluding hydrogens is 274 g/mol. The van der Waals surface area contributed by atoms with Crippen LogP contribution in [0.2, 0.25) is 0 Å². The molecule has 2 atom stereocenters. The van der Waals surface area contributed by atoms with Crippen LogP contribution in [0.3, 0.4) is 0 Å². The third kappa shape index (κ3) is 2.82. The Balaban J connectivity index is 1.84. The first-order valence-electron chi connectivity index (χ1n) is 6.93. The van der Waals surface area contributed by atoms with Crippen LogP contribution in [-0.2, 0) is 6.54 Å². The highest BCUT2D eigenvalue weighted by atomic mass is 32.1. The topological polar surface area (TPSA) is 33.6 Å². The van der Waals surface area contributed by atoms with Gasteiger partial charge in [-0.05, 0) is 48.3 Å². The van der Waals surface area contributed by atoms with Gasteiger partial charge >= 0.3 is 0 Å². The fourth-order valence-corrected chi connectivity index (χ4v) is 3.99. The van der Waals surface area contributed by atoms with E-state index in [2.05, 4.69) is 39.2 Å². The van der Waals surface area contributed by atoms with E-state index in [9.17, 15) is 0 Å². The van der Waals surface area contributed by atoms with Crippen LogP contribution in [0.5, 0.6) is 0 Å². The van der Waals surface area contributed by atoms with Crippen LogP contribution in [-0.4, -0.2) is 14.8 Å². The van der Waals surface area contributed by atoms with Crippen molar-refractivity contribution in [3.63, 3.8) is 0 Å². The highest BCUT2D eigenvalue weighted by molar-refractivity contribution is 7.71. The summed E-state index contributed by atoms with van der Waals surface area (Å²) in [6, 6.07) is 4.17. The molecule has 5 heteroatoms. The van der Waals surface area contributed by atoms with Gasteiger partial charge < -0.3 is 0 Å². The van der Waals surface area contributed by atoms with Crippen molar-refractivity contribution in [1.29, 1.82) is 0 Å². The number of thiophene rings is 1. The second-order valence-corrected chi connectivity index (χ2v) is 6.91. The Morgan fingerprint density at radius 3 is 3.16 bits per heavy atom. The Hall–Kier alpha value is -0.940. The maximum atomic E-state index is 5.39. The third-order valence-corrected chi connectivity index (χ3v) is 5.16. The van der Waals surface area contributed by atoms with Gasteiger partial charge in [0.05, 0.1) is 4.88 Å². The van der Waals surface area contributed by atoms with E-state index in [1.54, 1.807) is 11.3 Å². The molecule has 2 aromatic rings. The molecule has 102 valence electrons. The molecule has 0 radical (unpaired) electrons. The van der Waals surface area contributed by atoms with Gasteiger partial charge in [-0.3, -0.25) is 9.67 Å². The third-order valence-electron chi connectivity index (χ3n) is 3.99. The van der Waals surface area contributed by atoms with Crippen LogP contribution in [0.15, 0.2) is 17.5 Å². The van der Waals surface area contributed by atoms with Crippen molar-refractivity contribution in [2.24, 2.45) is 11.8 Å². The number of hydrogen-bond acceptors (Lipinski definition) is 3. The Labute approximate surface area is 122 Å². The molecule has 0 aromatic carbocycles. The van der Waals surface area contributed by atoms with Crippen LogP contribution in [0.25, 0.3) is 10.7 Å². The summed E-state index contributed by atoms with van der Waals surface area (Å²) < 4.78 is 2.94. The molecule has 0 saturated heterocycles. The largest absolute Gasteiger partial charge is 0.299 e. The van der Waals surface area contributed by atoms with Gasteiger partial charge in [-0.15, -0.1) is 11.3 Å². The molecule has 2 unspecified atom stereocenters. The highest BCUT2D eigenvalue weighted by Crippen LogP contribution is 2.31. The summed E-state index contributed by atoms with van der Waals surface area (Å²) in [5.41, 5.74) is 0. The van der Waals surface area contributed by atoms with E-state index in [1.165, 1.54) is 30.6 Å². The average molecular weight is 293 g/mol. The summed E-state index contributed by atoms with van der Waals surface area (Å²) in [5, 5.41) is 9.43. The molecule has 0 amide bonds. The molecular formula is C14H19N3S2. The van der Waals surface area contributed by atoms with E-state index in [4.69, 9.17) is 12.2 Å². The standard InChI is InChI=1S/C14H19N3S2/c1-10-4-2-5-11(8-10)9-17-13(15-16-14(17)18)12-6-3-7-19-12/h3,6-7,10-11H,2,4-5,8-9H2,1H3,(H,16,18). The number of nitrogens with one attached hydrogen (secondary N) is 1. The van der Waals surface area contributed by atoms with Crippen LogP contribution in [0, 0.1) is 16.6 Å². The molecule has 0 aliphatic heterocycles. The quantitative estimate of drug-likeness (QED) is 0.846. The van der Waals surface area contributed by atoms with Crippen molar-refractivity contribution in [1.82, 2.24) is 14.8 Å². The zero-order chi connectivity index (χ0) is 13.2. The van der Waals surface area contributed by atoms with Gasteiger partial charge in [0.1, 0.15) is 0 Å². The first-order chi connectivity index (χ1) is 9.24. The number of aromatic amines is 1. The lowest BCUT2D eigenvalue weighted by Crippen LogP contribution is -2.19. The molecule has 19 heavy (non-hydrogen) atoms. The lowest BCUT2D eigenvalue weighted by molar-refractivity contribution is 0.257. The fraction of sp³-hybridized carbons (Fsp3) is 0.571. The highest BCUT2D eigenvalue weighted by Gasteiger charge is 2.21. The normalized spacial score (nSPS) is 23.6. The first kappa shape index (κ1) is 13.1. The van der Waals surface area contributed by atoms with Gasteiger partial charge in [0.25, 0.3) is 0 Å². The number of rotatable bonds is 3. The molecule has 2 heterocycles. The van der Waals surface area contributed by atoms with Gasteiger partial charge in [0.2, 0.25) is 0 Å². The van der Waals surface area contributed by atoms with Crippen molar-refractivity contribution in [2.75, 3.05) is 0 Å². The van der Waals surface area contributed by atoms with Crippen LogP contribution < -0.4 is 0 Å². The van der Waals surface area contributed by atoms with Crippen molar-refractivity contribution in [3.05, 3.63) is 22.3 Å². The maximum Gasteiger partial charge on any atom is 0.195 e. The molecule has 1 N–H and O–H groups in total. The monoisotopic (exact) mass is 293 g/mol. The molecule has 1 aliphatic rings. The number of hydrogen-bond donors (Lipinski definition) is 1. The van der Waals surface area contributed by atoms with Crippen molar-refractivity contribution in [2.45, 2.75) is 39.2 Å².